The molecule has 0 radical (unpaired) electrons. The van der Waals surface area contributed by atoms with Crippen molar-refractivity contribution in [2.75, 3.05) is 32.2 Å². The summed E-state index contributed by atoms with van der Waals surface area (Å²) in [6.45, 7) is 3.88. The zero-order valence-corrected chi connectivity index (χ0v) is 12.7. The van der Waals surface area contributed by atoms with E-state index in [1.165, 1.54) is 11.3 Å². The van der Waals surface area contributed by atoms with Gasteiger partial charge in [-0.2, -0.15) is 0 Å². The molecular weight excluding hydrogens is 252 g/mol. The van der Waals surface area contributed by atoms with Crippen molar-refractivity contribution in [1.29, 1.82) is 0 Å². The number of hydrogen-bond donors (Lipinski definition) is 1. The van der Waals surface area contributed by atoms with Gasteiger partial charge in [-0.25, -0.2) is 0 Å². The smallest absolute Gasteiger partial charge is 0.102 e. The van der Waals surface area contributed by atoms with Crippen LogP contribution in [0, 0.1) is 0 Å². The standard InChI is InChI=1S/C16H26N2O2/c1-4-13(17)9-12-5-7-14(8-6-12)18-10-15(19-2)16(11-18)20-3/h5-8,13,15-16H,4,9-11,17H2,1-3H3. The summed E-state index contributed by atoms with van der Waals surface area (Å²) in [5.41, 5.74) is 8.52. The molecular formula is C16H26N2O2. The van der Waals surface area contributed by atoms with Gasteiger partial charge in [0.15, 0.2) is 0 Å². The molecule has 2 rings (SSSR count). The van der Waals surface area contributed by atoms with Crippen LogP contribution in [0.25, 0.3) is 0 Å². The van der Waals surface area contributed by atoms with Crippen molar-refractivity contribution in [3.63, 3.8) is 0 Å². The SMILES string of the molecule is CCC(N)Cc1ccc(N2CC(OC)C(OC)C2)cc1. The zero-order valence-electron chi connectivity index (χ0n) is 12.7. The molecule has 1 heterocycles. The fourth-order valence-corrected chi connectivity index (χ4v) is 2.70. The first-order chi connectivity index (χ1) is 9.67. The Balaban J connectivity index is 2.00. The fourth-order valence-electron chi connectivity index (χ4n) is 2.70. The summed E-state index contributed by atoms with van der Waals surface area (Å²) in [6, 6.07) is 8.94. The molecule has 0 spiro atoms. The molecule has 1 aromatic carbocycles. The van der Waals surface area contributed by atoms with E-state index >= 15 is 0 Å². The molecule has 112 valence electrons. The molecule has 0 saturated carbocycles. The first kappa shape index (κ1) is 15.3. The Hall–Kier alpha value is -1.10. The normalized spacial score (nSPS) is 24.1. The summed E-state index contributed by atoms with van der Waals surface area (Å²) in [4.78, 5) is 2.31. The number of rotatable bonds is 6. The van der Waals surface area contributed by atoms with Gasteiger partial charge in [-0.1, -0.05) is 19.1 Å². The monoisotopic (exact) mass is 278 g/mol. The van der Waals surface area contributed by atoms with Gasteiger partial charge in [0, 0.05) is 39.0 Å². The number of methoxy groups -OCH3 is 2. The van der Waals surface area contributed by atoms with Crippen LogP contribution in [0.3, 0.4) is 0 Å². The van der Waals surface area contributed by atoms with Gasteiger partial charge in [-0.05, 0) is 30.5 Å². The van der Waals surface area contributed by atoms with Gasteiger partial charge in [0.1, 0.15) is 12.2 Å². The van der Waals surface area contributed by atoms with Gasteiger partial charge in [-0.3, -0.25) is 0 Å². The fraction of sp³-hybridized carbons (Fsp3) is 0.625. The molecule has 4 heteroatoms. The molecule has 4 nitrogen and oxygen atoms in total. The second-order valence-electron chi connectivity index (χ2n) is 5.49. The highest BCUT2D eigenvalue weighted by molar-refractivity contribution is 5.49. The Bertz CT molecular complexity index is 395. The van der Waals surface area contributed by atoms with Crippen LogP contribution in [-0.2, 0) is 15.9 Å². The lowest BCUT2D eigenvalue weighted by Gasteiger charge is -2.18. The van der Waals surface area contributed by atoms with E-state index in [2.05, 4.69) is 36.1 Å². The van der Waals surface area contributed by atoms with Crippen molar-refractivity contribution in [2.24, 2.45) is 5.73 Å². The van der Waals surface area contributed by atoms with Gasteiger partial charge >= 0.3 is 0 Å². The summed E-state index contributed by atoms with van der Waals surface area (Å²) in [5.74, 6) is 0. The van der Waals surface area contributed by atoms with Crippen molar-refractivity contribution in [2.45, 2.75) is 38.0 Å². The van der Waals surface area contributed by atoms with Crippen LogP contribution in [0.1, 0.15) is 18.9 Å². The summed E-state index contributed by atoms with van der Waals surface area (Å²) in [5, 5.41) is 0. The first-order valence-corrected chi connectivity index (χ1v) is 7.33. The Kier molecular flexibility index (Phi) is 5.40. The van der Waals surface area contributed by atoms with Gasteiger partial charge in [-0.15, -0.1) is 0 Å². The highest BCUT2D eigenvalue weighted by Gasteiger charge is 2.32. The zero-order chi connectivity index (χ0) is 14.5. The number of hydrogen-bond acceptors (Lipinski definition) is 4. The second-order valence-corrected chi connectivity index (χ2v) is 5.49. The number of ether oxygens (including phenoxy) is 2. The molecule has 1 saturated heterocycles. The van der Waals surface area contributed by atoms with Crippen LogP contribution in [-0.4, -0.2) is 45.6 Å². The number of nitrogens with zero attached hydrogens (tertiary/aromatic N) is 1. The molecule has 0 aromatic heterocycles. The maximum absolute atomic E-state index is 5.99. The van der Waals surface area contributed by atoms with E-state index in [4.69, 9.17) is 15.2 Å². The highest BCUT2D eigenvalue weighted by atomic mass is 16.5. The summed E-state index contributed by atoms with van der Waals surface area (Å²) < 4.78 is 10.9. The Morgan fingerprint density at radius 3 is 2.15 bits per heavy atom. The van der Waals surface area contributed by atoms with Crippen LogP contribution in [0.2, 0.25) is 0 Å². The van der Waals surface area contributed by atoms with E-state index in [9.17, 15) is 0 Å². The van der Waals surface area contributed by atoms with E-state index in [1.54, 1.807) is 14.2 Å². The maximum Gasteiger partial charge on any atom is 0.102 e. The quantitative estimate of drug-likeness (QED) is 0.862. The predicted molar refractivity (Wildman–Crippen MR) is 82.2 cm³/mol. The third kappa shape index (κ3) is 3.51. The topological polar surface area (TPSA) is 47.7 Å². The average Bonchev–Trinajstić information content (AvgIpc) is 2.91. The van der Waals surface area contributed by atoms with Crippen molar-refractivity contribution < 1.29 is 9.47 Å². The summed E-state index contributed by atoms with van der Waals surface area (Å²) >= 11 is 0. The molecule has 1 fully saturated rings. The molecule has 1 aliphatic heterocycles. The summed E-state index contributed by atoms with van der Waals surface area (Å²) in [6.07, 6.45) is 2.25. The van der Waals surface area contributed by atoms with Crippen LogP contribution >= 0.6 is 0 Å². The largest absolute Gasteiger partial charge is 0.377 e. The number of anilines is 1. The predicted octanol–water partition coefficient (Wildman–Crippen LogP) is 1.82. The van der Waals surface area contributed by atoms with E-state index in [0.29, 0.717) is 0 Å². The number of nitrogens with two attached hydrogens (primary N) is 1. The first-order valence-electron chi connectivity index (χ1n) is 7.33. The van der Waals surface area contributed by atoms with E-state index in [1.807, 2.05) is 0 Å². The minimum absolute atomic E-state index is 0.146. The van der Waals surface area contributed by atoms with Crippen LogP contribution in [0.4, 0.5) is 5.69 Å². The van der Waals surface area contributed by atoms with Crippen molar-refractivity contribution >= 4 is 5.69 Å². The lowest BCUT2D eigenvalue weighted by molar-refractivity contribution is -0.00461. The molecule has 1 aromatic rings. The summed E-state index contributed by atoms with van der Waals surface area (Å²) in [7, 11) is 3.49. The molecule has 3 unspecified atom stereocenters. The van der Waals surface area contributed by atoms with Crippen LogP contribution < -0.4 is 10.6 Å². The average molecular weight is 278 g/mol. The maximum atomic E-state index is 5.99. The molecule has 2 N–H and O–H groups in total. The van der Waals surface area contributed by atoms with Gasteiger partial charge in [0.2, 0.25) is 0 Å². The lowest BCUT2D eigenvalue weighted by Crippen LogP contribution is -2.27. The molecule has 0 amide bonds. The van der Waals surface area contributed by atoms with Crippen molar-refractivity contribution in [1.82, 2.24) is 0 Å². The minimum Gasteiger partial charge on any atom is -0.377 e. The molecule has 20 heavy (non-hydrogen) atoms. The molecule has 1 aliphatic rings. The van der Waals surface area contributed by atoms with Gasteiger partial charge in [0.25, 0.3) is 0 Å². The van der Waals surface area contributed by atoms with Crippen LogP contribution in [0.5, 0.6) is 0 Å². The lowest BCUT2D eigenvalue weighted by atomic mass is 10.0. The Morgan fingerprint density at radius 2 is 1.70 bits per heavy atom. The van der Waals surface area contributed by atoms with E-state index in [0.717, 1.165) is 25.9 Å². The Morgan fingerprint density at radius 1 is 1.15 bits per heavy atom. The third-order valence-electron chi connectivity index (χ3n) is 4.14. The second kappa shape index (κ2) is 7.07. The van der Waals surface area contributed by atoms with E-state index < -0.39 is 0 Å². The highest BCUT2D eigenvalue weighted by Crippen LogP contribution is 2.24. The minimum atomic E-state index is 0.146. The van der Waals surface area contributed by atoms with Gasteiger partial charge in [0.05, 0.1) is 0 Å². The molecule has 3 atom stereocenters. The Labute approximate surface area is 121 Å². The molecule has 0 bridgehead atoms. The third-order valence-corrected chi connectivity index (χ3v) is 4.14. The van der Waals surface area contributed by atoms with Crippen LogP contribution in [0.15, 0.2) is 24.3 Å². The van der Waals surface area contributed by atoms with Crippen molar-refractivity contribution in [3.8, 4) is 0 Å². The van der Waals surface area contributed by atoms with Gasteiger partial charge < -0.3 is 20.1 Å². The van der Waals surface area contributed by atoms with E-state index in [-0.39, 0.29) is 18.2 Å². The number of benzene rings is 1. The van der Waals surface area contributed by atoms with Crippen molar-refractivity contribution in [3.05, 3.63) is 29.8 Å². The molecule has 0 aliphatic carbocycles.